The number of benzene rings is 1. The van der Waals surface area contributed by atoms with E-state index >= 15 is 0 Å². The van der Waals surface area contributed by atoms with Gasteiger partial charge in [0.05, 0.1) is 22.9 Å². The van der Waals surface area contributed by atoms with Crippen LogP contribution in [0.2, 0.25) is 10.0 Å². The summed E-state index contributed by atoms with van der Waals surface area (Å²) in [5, 5.41) is 29.3. The van der Waals surface area contributed by atoms with Gasteiger partial charge < -0.3 is 25.0 Å². The average Bonchev–Trinajstić information content (AvgIpc) is 2.68. The van der Waals surface area contributed by atoms with Crippen LogP contribution in [0.5, 0.6) is 0 Å². The fourth-order valence-electron chi connectivity index (χ4n) is 4.04. The molecule has 3 N–H and O–H groups in total. The minimum absolute atomic E-state index is 0.385. The molecular weight excluding hydrogens is 505 g/mol. The van der Waals surface area contributed by atoms with Crippen molar-refractivity contribution in [1.82, 2.24) is 4.90 Å². The molecule has 0 aliphatic heterocycles. The molecule has 1 fully saturated rings. The maximum atomic E-state index is 12.8. The lowest BCUT2D eigenvalue weighted by Gasteiger charge is -2.47. The van der Waals surface area contributed by atoms with Gasteiger partial charge in [-0.15, -0.1) is 0 Å². The van der Waals surface area contributed by atoms with E-state index in [1.54, 1.807) is 23.9 Å². The summed E-state index contributed by atoms with van der Waals surface area (Å²) in [7, 11) is 3.98. The van der Waals surface area contributed by atoms with E-state index in [0.717, 1.165) is 43.5 Å². The Morgan fingerprint density at radius 2 is 1.85 bits per heavy atom. The Bertz CT molecular complexity index is 894. The Kier molecular flexibility index (Phi) is 10.5. The van der Waals surface area contributed by atoms with E-state index in [9.17, 15) is 24.6 Å². The van der Waals surface area contributed by atoms with Crippen LogP contribution in [0.15, 0.2) is 18.2 Å². The fourth-order valence-corrected chi connectivity index (χ4v) is 5.44. The van der Waals surface area contributed by atoms with Crippen LogP contribution in [0, 0.1) is 0 Å². The molecule has 0 radical (unpaired) electrons. The van der Waals surface area contributed by atoms with Gasteiger partial charge in [0.25, 0.3) is 0 Å². The van der Waals surface area contributed by atoms with Gasteiger partial charge in [0.2, 0.25) is 0 Å². The van der Waals surface area contributed by atoms with Crippen LogP contribution in [0.3, 0.4) is 0 Å². The van der Waals surface area contributed by atoms with Gasteiger partial charge >= 0.3 is 17.9 Å². The van der Waals surface area contributed by atoms with E-state index in [-0.39, 0.29) is 0 Å². The van der Waals surface area contributed by atoms with Crippen LogP contribution in [-0.4, -0.2) is 82.0 Å². The molecule has 0 aromatic heterocycles. The molecule has 1 saturated carbocycles. The molecule has 1 aliphatic carbocycles. The first-order valence-corrected chi connectivity index (χ1v) is 12.9. The highest BCUT2D eigenvalue weighted by atomic mass is 35.5. The molecule has 190 valence electrons. The number of thioether (sulfide) groups is 1. The summed E-state index contributed by atoms with van der Waals surface area (Å²) >= 11 is 14.0. The third-order valence-corrected chi connectivity index (χ3v) is 7.93. The predicted octanol–water partition coefficient (Wildman–Crippen LogP) is 3.69. The monoisotopic (exact) mass is 535 g/mol. The van der Waals surface area contributed by atoms with Crippen molar-refractivity contribution in [2.45, 2.75) is 55.6 Å². The lowest BCUT2D eigenvalue weighted by molar-refractivity contribution is -0.175. The van der Waals surface area contributed by atoms with Crippen molar-refractivity contribution < 1.29 is 34.4 Å². The molecule has 0 spiro atoms. The Morgan fingerprint density at radius 1 is 1.18 bits per heavy atom. The Balaban J connectivity index is 2.24. The summed E-state index contributed by atoms with van der Waals surface area (Å²) in [4.78, 5) is 37.4. The van der Waals surface area contributed by atoms with Gasteiger partial charge in [-0.05, 0) is 63.4 Å². The van der Waals surface area contributed by atoms with Crippen molar-refractivity contribution in [2.24, 2.45) is 0 Å². The Labute approximate surface area is 213 Å². The lowest BCUT2D eigenvalue weighted by Crippen LogP contribution is -2.50. The zero-order valence-corrected chi connectivity index (χ0v) is 21.6. The number of esters is 1. The van der Waals surface area contributed by atoms with E-state index in [0.29, 0.717) is 15.8 Å². The average molecular weight is 536 g/mol. The number of halogens is 2. The molecular formula is C23H31Cl2NO7S. The molecule has 11 heteroatoms. The summed E-state index contributed by atoms with van der Waals surface area (Å²) in [5.74, 6) is -2.98. The topological polar surface area (TPSA) is 124 Å². The fraction of sp³-hybridized carbons (Fsp3) is 0.609. The summed E-state index contributed by atoms with van der Waals surface area (Å²) in [6.45, 7) is 0.913. The van der Waals surface area contributed by atoms with Crippen molar-refractivity contribution in [3.05, 3.63) is 33.8 Å². The number of hydrogen-bond donors (Lipinski definition) is 3. The van der Waals surface area contributed by atoms with Crippen LogP contribution in [0.4, 0.5) is 0 Å². The molecule has 0 saturated heterocycles. The summed E-state index contributed by atoms with van der Waals surface area (Å²) < 4.78 is 5.77. The van der Waals surface area contributed by atoms with Crippen molar-refractivity contribution >= 4 is 52.9 Å². The first-order chi connectivity index (χ1) is 15.9. The molecule has 34 heavy (non-hydrogen) atoms. The maximum absolute atomic E-state index is 12.8. The molecule has 0 heterocycles. The van der Waals surface area contributed by atoms with E-state index < -0.39 is 47.9 Å². The number of aliphatic hydroxyl groups is 1. The number of ether oxygens (including phenoxy) is 1. The standard InChI is InChI=1S/C23H31Cl2NO7S/c1-26(2)9-4-10-34-14-18(33-20(29)13-23(32,21(30)31)12-19(27)28)22(7-3-8-22)15-5-6-16(24)17(25)11-15/h5-6,11,18,32H,3-4,7-10,12-14H2,1-2H3,(H,27,28)(H,30,31). The van der Waals surface area contributed by atoms with Gasteiger partial charge in [-0.2, -0.15) is 11.8 Å². The second-order valence-corrected chi connectivity index (χ2v) is 10.9. The van der Waals surface area contributed by atoms with Crippen LogP contribution >= 0.6 is 35.0 Å². The number of hydrogen-bond acceptors (Lipinski definition) is 7. The van der Waals surface area contributed by atoms with Crippen LogP contribution in [0.1, 0.15) is 44.1 Å². The highest BCUT2D eigenvalue weighted by molar-refractivity contribution is 7.99. The molecule has 1 aliphatic rings. The highest BCUT2D eigenvalue weighted by Crippen LogP contribution is 2.49. The van der Waals surface area contributed by atoms with Gasteiger partial charge in [0.1, 0.15) is 6.10 Å². The van der Waals surface area contributed by atoms with Gasteiger partial charge in [0, 0.05) is 11.2 Å². The van der Waals surface area contributed by atoms with E-state index in [4.69, 9.17) is 33.0 Å². The second-order valence-electron chi connectivity index (χ2n) is 8.93. The minimum Gasteiger partial charge on any atom is -0.481 e. The van der Waals surface area contributed by atoms with Crippen LogP contribution in [0.25, 0.3) is 0 Å². The molecule has 2 rings (SSSR count). The van der Waals surface area contributed by atoms with Crippen molar-refractivity contribution in [1.29, 1.82) is 0 Å². The van der Waals surface area contributed by atoms with Crippen molar-refractivity contribution in [3.8, 4) is 0 Å². The van der Waals surface area contributed by atoms with Gasteiger partial charge in [-0.1, -0.05) is 35.7 Å². The Morgan fingerprint density at radius 3 is 2.35 bits per heavy atom. The van der Waals surface area contributed by atoms with Gasteiger partial charge in [-0.3, -0.25) is 9.59 Å². The molecule has 2 unspecified atom stereocenters. The van der Waals surface area contributed by atoms with Crippen molar-refractivity contribution in [3.63, 3.8) is 0 Å². The quantitative estimate of drug-likeness (QED) is 0.241. The molecule has 8 nitrogen and oxygen atoms in total. The minimum atomic E-state index is -2.75. The van der Waals surface area contributed by atoms with Crippen LogP contribution < -0.4 is 0 Å². The second kappa shape index (κ2) is 12.4. The van der Waals surface area contributed by atoms with Gasteiger partial charge in [0.15, 0.2) is 5.60 Å². The predicted molar refractivity (Wildman–Crippen MR) is 132 cm³/mol. The third-order valence-electron chi connectivity index (χ3n) is 6.07. The number of carboxylic acids is 2. The largest absolute Gasteiger partial charge is 0.481 e. The number of rotatable bonds is 14. The number of nitrogens with zero attached hydrogens (tertiary/aromatic N) is 1. The zero-order chi connectivity index (χ0) is 25.5. The number of carboxylic acid groups (broad SMARTS) is 2. The number of carbonyl (C=O) groups excluding carboxylic acids is 1. The van der Waals surface area contributed by atoms with E-state index in [1.165, 1.54) is 0 Å². The SMILES string of the molecule is CN(C)CCCSCC(OC(=O)CC(O)(CC(=O)O)C(=O)O)C1(c2ccc(Cl)c(Cl)c2)CCC1. The summed E-state index contributed by atoms with van der Waals surface area (Å²) in [6.07, 6.45) is 0.637. The molecule has 0 amide bonds. The van der Waals surface area contributed by atoms with E-state index in [2.05, 4.69) is 4.90 Å². The summed E-state index contributed by atoms with van der Waals surface area (Å²) in [5.41, 5.74) is -2.39. The Hall–Kier alpha value is -1.52. The zero-order valence-electron chi connectivity index (χ0n) is 19.3. The normalized spacial score (nSPS) is 17.5. The smallest absolute Gasteiger partial charge is 0.336 e. The number of carbonyl (C=O) groups is 3. The maximum Gasteiger partial charge on any atom is 0.336 e. The highest BCUT2D eigenvalue weighted by Gasteiger charge is 2.49. The third kappa shape index (κ3) is 7.49. The first kappa shape index (κ1) is 28.7. The number of aliphatic carboxylic acids is 2. The molecule has 1 aromatic carbocycles. The van der Waals surface area contributed by atoms with Gasteiger partial charge in [-0.25, -0.2) is 4.79 Å². The molecule has 2 atom stereocenters. The first-order valence-electron chi connectivity index (χ1n) is 10.9. The summed E-state index contributed by atoms with van der Waals surface area (Å²) in [6, 6.07) is 5.31. The molecule has 1 aromatic rings. The van der Waals surface area contributed by atoms with E-state index in [1.807, 2.05) is 20.2 Å². The van der Waals surface area contributed by atoms with Crippen LogP contribution in [-0.2, 0) is 24.5 Å². The van der Waals surface area contributed by atoms with Crippen molar-refractivity contribution in [2.75, 3.05) is 32.1 Å². The lowest BCUT2D eigenvalue weighted by atomic mass is 9.61. The molecule has 0 bridgehead atoms.